The number of aromatic hydroxyl groups is 1. The number of primary amides is 1. The zero-order valence-corrected chi connectivity index (χ0v) is 21.6. The molecule has 2 fully saturated rings. The fourth-order valence-electron chi connectivity index (χ4n) is 6.96. The number of aliphatic hydroxyl groups is 4. The predicted octanol–water partition coefficient (Wildman–Crippen LogP) is 1.73. The van der Waals surface area contributed by atoms with Crippen LogP contribution in [-0.2, 0) is 27.2 Å². The summed E-state index contributed by atoms with van der Waals surface area (Å²) in [6, 6.07) is 1.84. The van der Waals surface area contributed by atoms with Crippen LogP contribution in [0.5, 0.6) is 5.75 Å². The number of rotatable bonds is 5. The van der Waals surface area contributed by atoms with Gasteiger partial charge in [0.15, 0.2) is 11.4 Å². The normalized spacial score (nSPS) is 28.2. The quantitative estimate of drug-likeness (QED) is 0.311. The van der Waals surface area contributed by atoms with Crippen LogP contribution >= 0.6 is 0 Å². The number of anilines is 1. The Kier molecular flexibility index (Phi) is 6.11. The highest BCUT2D eigenvalue weighted by Gasteiger charge is 2.60. The fraction of sp³-hybridized carbons (Fsp3) is 0.536. The molecule has 1 amide bonds. The van der Waals surface area contributed by atoms with Gasteiger partial charge in [-0.25, -0.2) is 0 Å². The largest absolute Gasteiger partial charge is 0.508 e. The van der Waals surface area contributed by atoms with Gasteiger partial charge in [0.05, 0.1) is 11.2 Å². The molecule has 4 aliphatic rings. The van der Waals surface area contributed by atoms with E-state index in [0.29, 0.717) is 36.8 Å². The van der Waals surface area contributed by atoms with Crippen LogP contribution in [0.1, 0.15) is 61.6 Å². The first-order chi connectivity index (χ1) is 17.8. The molecule has 1 aromatic rings. The van der Waals surface area contributed by atoms with Crippen molar-refractivity contribution in [3.63, 3.8) is 0 Å². The Morgan fingerprint density at radius 1 is 1.11 bits per heavy atom. The Morgan fingerprint density at radius 2 is 1.76 bits per heavy atom. The Hall–Kier alpha value is -3.37. The molecule has 204 valence electrons. The number of ketones is 2. The summed E-state index contributed by atoms with van der Waals surface area (Å²) in [5, 5.41) is 55.7. The number of carbonyl (C=O) groups is 3. The number of phenolic OH excluding ortho intramolecular Hbond substituents is 1. The molecule has 3 atom stereocenters. The predicted molar refractivity (Wildman–Crippen MR) is 137 cm³/mol. The summed E-state index contributed by atoms with van der Waals surface area (Å²) in [5.41, 5.74) is 2.85. The van der Waals surface area contributed by atoms with Crippen LogP contribution in [0.3, 0.4) is 0 Å². The minimum Gasteiger partial charge on any atom is -0.508 e. The number of fused-ring (bicyclic) bond motifs is 3. The second-order valence-corrected chi connectivity index (χ2v) is 11.5. The van der Waals surface area contributed by atoms with E-state index in [2.05, 4.69) is 0 Å². The number of nitrogens with two attached hydrogens (primary N) is 1. The van der Waals surface area contributed by atoms with E-state index in [1.807, 2.05) is 25.1 Å². The van der Waals surface area contributed by atoms with Gasteiger partial charge in [-0.3, -0.25) is 14.4 Å². The second-order valence-electron chi connectivity index (χ2n) is 11.5. The molecule has 38 heavy (non-hydrogen) atoms. The molecule has 7 N–H and O–H groups in total. The highest BCUT2D eigenvalue weighted by Crippen LogP contribution is 2.53. The Bertz CT molecular complexity index is 1320. The van der Waals surface area contributed by atoms with Crippen molar-refractivity contribution < 1.29 is 39.9 Å². The molecular formula is C28H34N2O8. The summed E-state index contributed by atoms with van der Waals surface area (Å²) in [6.07, 6.45) is 4.06. The van der Waals surface area contributed by atoms with Crippen molar-refractivity contribution in [3.8, 4) is 5.75 Å². The third-order valence-corrected chi connectivity index (χ3v) is 8.99. The van der Waals surface area contributed by atoms with Crippen LogP contribution in [0, 0.1) is 11.8 Å². The zero-order valence-electron chi connectivity index (χ0n) is 21.6. The van der Waals surface area contributed by atoms with Crippen molar-refractivity contribution in [1.29, 1.82) is 0 Å². The molecule has 4 aliphatic carbocycles. The number of aryl methyl sites for hydroxylation is 1. The molecule has 1 aromatic carbocycles. The lowest BCUT2D eigenvalue weighted by Crippen LogP contribution is -2.58. The molecule has 0 spiro atoms. The standard InChI is InChI=1S/C28H34N2O8/c1-30(2)17-11-13(5-8-27(37)6-3-4-7-27)22(32)20-16(17)10-14-9-15-12-18(31)21(26(29)36)25(35)28(15,38)24(34)19(14)23(20)33/h11,14-15,32-33,35,37-38H,3-10,12H2,1-2H3,(H2,29,36). The van der Waals surface area contributed by atoms with Gasteiger partial charge in [0, 0.05) is 37.7 Å². The molecular weight excluding hydrogens is 492 g/mol. The minimum atomic E-state index is -2.58. The molecule has 0 bridgehead atoms. The molecule has 10 heteroatoms. The van der Waals surface area contributed by atoms with Crippen LogP contribution in [-0.4, -0.2) is 68.3 Å². The van der Waals surface area contributed by atoms with Gasteiger partial charge in [-0.1, -0.05) is 12.8 Å². The summed E-state index contributed by atoms with van der Waals surface area (Å²) in [7, 11) is 3.66. The number of hydrogen-bond acceptors (Lipinski definition) is 9. The minimum absolute atomic E-state index is 0.0803. The molecule has 0 heterocycles. The van der Waals surface area contributed by atoms with E-state index in [4.69, 9.17) is 5.73 Å². The smallest absolute Gasteiger partial charge is 0.255 e. The summed E-state index contributed by atoms with van der Waals surface area (Å²) in [6.45, 7) is 0. The number of carbonyl (C=O) groups excluding carboxylic acids is 3. The van der Waals surface area contributed by atoms with Crippen molar-refractivity contribution in [3.05, 3.63) is 39.7 Å². The number of benzene rings is 1. The van der Waals surface area contributed by atoms with Crippen molar-refractivity contribution in [2.75, 3.05) is 19.0 Å². The molecule has 5 rings (SSSR count). The van der Waals surface area contributed by atoms with Crippen LogP contribution < -0.4 is 10.6 Å². The van der Waals surface area contributed by atoms with Crippen LogP contribution in [0.15, 0.2) is 23.0 Å². The van der Waals surface area contributed by atoms with Gasteiger partial charge in [0.1, 0.15) is 22.8 Å². The zero-order chi connectivity index (χ0) is 27.7. The lowest BCUT2D eigenvalue weighted by molar-refractivity contribution is -0.147. The van der Waals surface area contributed by atoms with Crippen LogP contribution in [0.25, 0.3) is 5.76 Å². The highest BCUT2D eigenvalue weighted by molar-refractivity contribution is 6.22. The summed E-state index contributed by atoms with van der Waals surface area (Å²) >= 11 is 0. The third kappa shape index (κ3) is 3.72. The van der Waals surface area contributed by atoms with E-state index in [0.717, 1.165) is 18.5 Å². The molecule has 0 aliphatic heterocycles. The second kappa shape index (κ2) is 8.84. The van der Waals surface area contributed by atoms with Crippen molar-refractivity contribution in [2.45, 2.75) is 69.0 Å². The van der Waals surface area contributed by atoms with E-state index >= 15 is 0 Å². The number of phenols is 1. The van der Waals surface area contributed by atoms with E-state index in [1.165, 1.54) is 0 Å². The number of hydrogen-bond donors (Lipinski definition) is 6. The Morgan fingerprint density at radius 3 is 2.37 bits per heavy atom. The van der Waals surface area contributed by atoms with Crippen molar-refractivity contribution in [1.82, 2.24) is 0 Å². The maximum Gasteiger partial charge on any atom is 0.255 e. The van der Waals surface area contributed by atoms with Gasteiger partial charge in [-0.15, -0.1) is 0 Å². The third-order valence-electron chi connectivity index (χ3n) is 8.99. The lowest BCUT2D eigenvalue weighted by atomic mass is 9.59. The lowest BCUT2D eigenvalue weighted by Gasteiger charge is -2.46. The van der Waals surface area contributed by atoms with Crippen molar-refractivity contribution >= 4 is 28.9 Å². The summed E-state index contributed by atoms with van der Waals surface area (Å²) in [4.78, 5) is 39.9. The van der Waals surface area contributed by atoms with E-state index in [9.17, 15) is 39.9 Å². The van der Waals surface area contributed by atoms with Gasteiger partial charge >= 0.3 is 0 Å². The maximum atomic E-state index is 13.7. The first-order valence-corrected chi connectivity index (χ1v) is 13.0. The fourth-order valence-corrected chi connectivity index (χ4v) is 6.96. The molecule has 0 aromatic heterocycles. The SMILES string of the molecule is CN(C)c1cc(CCC2(O)CCCC2)c(O)c2c1CC1CC3CC(=O)C(C(N)=O)=C(O)C3(O)C(=O)C1=C2O. The first kappa shape index (κ1) is 26.2. The number of amides is 1. The monoisotopic (exact) mass is 526 g/mol. The average molecular weight is 527 g/mol. The highest BCUT2D eigenvalue weighted by atomic mass is 16.3. The summed E-state index contributed by atoms with van der Waals surface area (Å²) < 4.78 is 0. The molecule has 2 saturated carbocycles. The number of Topliss-reactive ketones (excluding diaryl/α,β-unsaturated/α-hetero) is 2. The van der Waals surface area contributed by atoms with Gasteiger partial charge < -0.3 is 36.2 Å². The first-order valence-electron chi connectivity index (χ1n) is 13.0. The average Bonchev–Trinajstić information content (AvgIpc) is 3.27. The number of aliphatic hydroxyl groups excluding tert-OH is 2. The molecule has 0 saturated heterocycles. The van der Waals surface area contributed by atoms with E-state index < -0.39 is 57.6 Å². The molecule has 0 radical (unpaired) electrons. The van der Waals surface area contributed by atoms with E-state index in [1.54, 1.807) is 0 Å². The molecule has 10 nitrogen and oxygen atoms in total. The van der Waals surface area contributed by atoms with E-state index in [-0.39, 0.29) is 36.1 Å². The Balaban J connectivity index is 1.63. The summed E-state index contributed by atoms with van der Waals surface area (Å²) in [5.74, 6) is -6.38. The van der Waals surface area contributed by atoms with Gasteiger partial charge in [-0.05, 0) is 61.6 Å². The van der Waals surface area contributed by atoms with Crippen LogP contribution in [0.2, 0.25) is 0 Å². The number of nitrogens with zero attached hydrogens (tertiary/aromatic N) is 1. The topological polar surface area (TPSA) is 182 Å². The van der Waals surface area contributed by atoms with Gasteiger partial charge in [-0.2, -0.15) is 0 Å². The van der Waals surface area contributed by atoms with Crippen molar-refractivity contribution in [2.24, 2.45) is 17.6 Å². The Labute approximate surface area is 220 Å². The van der Waals surface area contributed by atoms with Crippen LogP contribution in [0.4, 0.5) is 5.69 Å². The maximum absolute atomic E-state index is 13.7. The van der Waals surface area contributed by atoms with Gasteiger partial charge in [0.2, 0.25) is 5.78 Å². The molecule has 3 unspecified atom stereocenters. The van der Waals surface area contributed by atoms with Gasteiger partial charge in [0.25, 0.3) is 5.91 Å².